The molecule has 0 radical (unpaired) electrons. The number of benzene rings is 1. The minimum atomic E-state index is 0.156. The molecule has 0 aliphatic rings. The third-order valence-corrected chi connectivity index (χ3v) is 4.14. The van der Waals surface area contributed by atoms with Gasteiger partial charge >= 0.3 is 0 Å². The average molecular weight is 400 g/mol. The Hall–Kier alpha value is -1.14. The Labute approximate surface area is 135 Å². The zero-order valence-corrected chi connectivity index (χ0v) is 14.5. The van der Waals surface area contributed by atoms with Crippen LogP contribution in [0.2, 0.25) is 0 Å². The minimum absolute atomic E-state index is 0.156. The fraction of sp³-hybridized carbons (Fsp3) is 0.286. The van der Waals surface area contributed by atoms with Gasteiger partial charge in [-0.05, 0) is 47.5 Å². The predicted molar refractivity (Wildman–Crippen MR) is 90.1 cm³/mol. The third-order valence-electron chi connectivity index (χ3n) is 2.86. The molecule has 1 atom stereocenters. The van der Waals surface area contributed by atoms with Gasteiger partial charge in [-0.2, -0.15) is 0 Å². The number of hydrogen-bond acceptors (Lipinski definition) is 4. The highest BCUT2D eigenvalue weighted by Crippen LogP contribution is 2.29. The first-order valence-electron chi connectivity index (χ1n) is 6.38. The molecule has 0 saturated heterocycles. The lowest BCUT2D eigenvalue weighted by molar-refractivity contribution is 0.869. The standard InChI is InChI=1S/C14H16Br2N4/c1-3-17-13-12(16)14(19-8-18-13)20-9(2)10-4-6-11(15)7-5-10/h4-9H,3H2,1-2H3,(H2,17,18,19,20). The fourth-order valence-corrected chi connectivity index (χ4v) is 2.52. The smallest absolute Gasteiger partial charge is 0.146 e. The lowest BCUT2D eigenvalue weighted by Gasteiger charge is -2.17. The summed E-state index contributed by atoms with van der Waals surface area (Å²) >= 11 is 6.98. The summed E-state index contributed by atoms with van der Waals surface area (Å²) in [7, 11) is 0. The molecular formula is C14H16Br2N4. The summed E-state index contributed by atoms with van der Waals surface area (Å²) in [5.41, 5.74) is 1.20. The van der Waals surface area contributed by atoms with Crippen molar-refractivity contribution in [2.45, 2.75) is 19.9 Å². The van der Waals surface area contributed by atoms with Gasteiger partial charge in [0.1, 0.15) is 22.4 Å². The topological polar surface area (TPSA) is 49.8 Å². The van der Waals surface area contributed by atoms with Gasteiger partial charge in [0.2, 0.25) is 0 Å². The number of aromatic nitrogens is 2. The largest absolute Gasteiger partial charge is 0.369 e. The molecule has 4 nitrogen and oxygen atoms in total. The molecule has 0 bridgehead atoms. The third kappa shape index (κ3) is 3.70. The Morgan fingerprint density at radius 1 is 1.10 bits per heavy atom. The maximum atomic E-state index is 4.29. The van der Waals surface area contributed by atoms with Crippen molar-refractivity contribution in [3.63, 3.8) is 0 Å². The van der Waals surface area contributed by atoms with Crippen molar-refractivity contribution in [1.82, 2.24) is 9.97 Å². The number of rotatable bonds is 5. The molecule has 1 aromatic heterocycles. The van der Waals surface area contributed by atoms with Crippen LogP contribution < -0.4 is 10.6 Å². The molecule has 1 aromatic carbocycles. The predicted octanol–water partition coefficient (Wildman–Crippen LogP) is 4.61. The van der Waals surface area contributed by atoms with Crippen molar-refractivity contribution >= 4 is 43.5 Å². The lowest BCUT2D eigenvalue weighted by atomic mass is 10.1. The molecule has 0 spiro atoms. The lowest BCUT2D eigenvalue weighted by Crippen LogP contribution is -2.10. The quantitative estimate of drug-likeness (QED) is 0.770. The SMILES string of the molecule is CCNc1ncnc(NC(C)c2ccc(Br)cc2)c1Br. The highest BCUT2D eigenvalue weighted by molar-refractivity contribution is 9.11. The second kappa shape index (κ2) is 7.04. The first-order valence-corrected chi connectivity index (χ1v) is 7.96. The van der Waals surface area contributed by atoms with E-state index in [1.807, 2.05) is 19.1 Å². The van der Waals surface area contributed by atoms with E-state index >= 15 is 0 Å². The molecule has 0 aliphatic heterocycles. The fourth-order valence-electron chi connectivity index (χ4n) is 1.80. The number of nitrogens with one attached hydrogen (secondary N) is 2. The summed E-state index contributed by atoms with van der Waals surface area (Å²) in [5, 5.41) is 6.58. The first-order chi connectivity index (χ1) is 9.61. The van der Waals surface area contributed by atoms with Crippen molar-refractivity contribution in [3.05, 3.63) is 45.1 Å². The highest BCUT2D eigenvalue weighted by Gasteiger charge is 2.11. The maximum Gasteiger partial charge on any atom is 0.146 e. The molecule has 1 heterocycles. The van der Waals surface area contributed by atoms with E-state index in [1.54, 1.807) is 6.33 Å². The van der Waals surface area contributed by atoms with Crippen LogP contribution in [0.1, 0.15) is 25.5 Å². The zero-order chi connectivity index (χ0) is 14.5. The molecule has 0 amide bonds. The highest BCUT2D eigenvalue weighted by atomic mass is 79.9. The Morgan fingerprint density at radius 2 is 1.75 bits per heavy atom. The number of halogens is 2. The molecule has 6 heteroatoms. The summed E-state index contributed by atoms with van der Waals surface area (Å²) in [6.07, 6.45) is 1.55. The molecule has 2 N–H and O–H groups in total. The molecule has 1 unspecified atom stereocenters. The molecule has 106 valence electrons. The van der Waals surface area contributed by atoms with Crippen LogP contribution in [0, 0.1) is 0 Å². The summed E-state index contributed by atoms with van der Waals surface area (Å²) in [5.74, 6) is 1.58. The van der Waals surface area contributed by atoms with E-state index in [-0.39, 0.29) is 6.04 Å². The zero-order valence-electron chi connectivity index (χ0n) is 11.3. The second-order valence-electron chi connectivity index (χ2n) is 4.33. The van der Waals surface area contributed by atoms with Crippen LogP contribution in [-0.2, 0) is 0 Å². The van der Waals surface area contributed by atoms with Crippen molar-refractivity contribution < 1.29 is 0 Å². The van der Waals surface area contributed by atoms with Crippen molar-refractivity contribution in [3.8, 4) is 0 Å². The Balaban J connectivity index is 2.17. The van der Waals surface area contributed by atoms with Crippen LogP contribution in [0.3, 0.4) is 0 Å². The minimum Gasteiger partial charge on any atom is -0.369 e. The van der Waals surface area contributed by atoms with Crippen LogP contribution in [-0.4, -0.2) is 16.5 Å². The maximum absolute atomic E-state index is 4.29. The van der Waals surface area contributed by atoms with Gasteiger partial charge in [-0.3, -0.25) is 0 Å². The van der Waals surface area contributed by atoms with Crippen molar-refractivity contribution in [2.75, 3.05) is 17.2 Å². The molecule has 0 fully saturated rings. The first kappa shape index (κ1) is 15.3. The van der Waals surface area contributed by atoms with E-state index < -0.39 is 0 Å². The van der Waals surface area contributed by atoms with Gasteiger partial charge in [0.25, 0.3) is 0 Å². The van der Waals surface area contributed by atoms with Crippen LogP contribution in [0.5, 0.6) is 0 Å². The van der Waals surface area contributed by atoms with Gasteiger partial charge in [0, 0.05) is 17.1 Å². The molecule has 2 rings (SSSR count). The number of nitrogens with zero attached hydrogens (tertiary/aromatic N) is 2. The Bertz CT molecular complexity index is 572. The summed E-state index contributed by atoms with van der Waals surface area (Å²) in [4.78, 5) is 8.49. The molecule has 2 aromatic rings. The van der Waals surface area contributed by atoms with E-state index in [4.69, 9.17) is 0 Å². The Morgan fingerprint density at radius 3 is 2.40 bits per heavy atom. The molecule has 0 saturated carbocycles. The molecule has 0 aliphatic carbocycles. The van der Waals surface area contributed by atoms with Gasteiger partial charge in [0.05, 0.1) is 0 Å². The van der Waals surface area contributed by atoms with Gasteiger partial charge in [0.15, 0.2) is 0 Å². The number of anilines is 2. The van der Waals surface area contributed by atoms with Crippen LogP contribution in [0.4, 0.5) is 11.6 Å². The van der Waals surface area contributed by atoms with Gasteiger partial charge < -0.3 is 10.6 Å². The van der Waals surface area contributed by atoms with E-state index in [0.717, 1.165) is 27.1 Å². The van der Waals surface area contributed by atoms with Gasteiger partial charge in [-0.15, -0.1) is 0 Å². The van der Waals surface area contributed by atoms with E-state index in [9.17, 15) is 0 Å². The summed E-state index contributed by atoms with van der Waals surface area (Å²) in [6, 6.07) is 8.40. The van der Waals surface area contributed by atoms with Crippen molar-refractivity contribution in [1.29, 1.82) is 0 Å². The molecule has 20 heavy (non-hydrogen) atoms. The van der Waals surface area contributed by atoms with Gasteiger partial charge in [-0.1, -0.05) is 28.1 Å². The van der Waals surface area contributed by atoms with Crippen LogP contribution in [0.25, 0.3) is 0 Å². The Kier molecular flexibility index (Phi) is 5.37. The summed E-state index contributed by atoms with van der Waals surface area (Å²) < 4.78 is 1.93. The monoisotopic (exact) mass is 398 g/mol. The van der Waals surface area contributed by atoms with E-state index in [2.05, 4.69) is 71.5 Å². The van der Waals surface area contributed by atoms with Crippen LogP contribution in [0.15, 0.2) is 39.5 Å². The van der Waals surface area contributed by atoms with E-state index in [1.165, 1.54) is 5.56 Å². The van der Waals surface area contributed by atoms with Crippen LogP contribution >= 0.6 is 31.9 Å². The normalized spacial score (nSPS) is 12.0. The van der Waals surface area contributed by atoms with Gasteiger partial charge in [-0.25, -0.2) is 9.97 Å². The van der Waals surface area contributed by atoms with E-state index in [0.29, 0.717) is 0 Å². The second-order valence-corrected chi connectivity index (χ2v) is 6.04. The van der Waals surface area contributed by atoms with Crippen molar-refractivity contribution in [2.24, 2.45) is 0 Å². The number of hydrogen-bond donors (Lipinski definition) is 2. The molecular weight excluding hydrogens is 384 g/mol. The summed E-state index contributed by atoms with van der Waals surface area (Å²) in [6.45, 7) is 4.95. The average Bonchev–Trinajstić information content (AvgIpc) is 2.44.